The third-order valence-corrected chi connectivity index (χ3v) is 4.89. The van der Waals surface area contributed by atoms with Gasteiger partial charge < -0.3 is 10.2 Å². The second-order valence-corrected chi connectivity index (χ2v) is 6.74. The number of hydrogen-bond acceptors (Lipinski definition) is 5. The summed E-state index contributed by atoms with van der Waals surface area (Å²) >= 11 is 0. The Labute approximate surface area is 152 Å². The molecule has 1 aliphatic heterocycles. The number of aryl methyl sites for hydroxylation is 2. The Balaban J connectivity index is 1.42. The van der Waals surface area contributed by atoms with E-state index in [1.807, 2.05) is 31.2 Å². The molecule has 4 rings (SSSR count). The van der Waals surface area contributed by atoms with Crippen LogP contribution in [-0.4, -0.2) is 44.8 Å². The van der Waals surface area contributed by atoms with Crippen LogP contribution in [0.15, 0.2) is 36.7 Å². The van der Waals surface area contributed by atoms with Crippen molar-refractivity contribution in [3.05, 3.63) is 48.0 Å². The van der Waals surface area contributed by atoms with E-state index < -0.39 is 0 Å². The molecule has 1 fully saturated rings. The van der Waals surface area contributed by atoms with Gasteiger partial charge in [0.1, 0.15) is 17.8 Å². The molecule has 0 radical (unpaired) electrons. The maximum atomic E-state index is 12.5. The van der Waals surface area contributed by atoms with Gasteiger partial charge in [-0.15, -0.1) is 0 Å². The first kappa shape index (κ1) is 16.5. The highest BCUT2D eigenvalue weighted by atomic mass is 16.2. The Hall–Kier alpha value is -2.96. The second-order valence-electron chi connectivity index (χ2n) is 6.74. The van der Waals surface area contributed by atoms with Crippen molar-refractivity contribution in [2.45, 2.75) is 25.8 Å². The third kappa shape index (κ3) is 3.12. The number of aromatic nitrogens is 4. The van der Waals surface area contributed by atoms with E-state index in [0.717, 1.165) is 48.3 Å². The van der Waals surface area contributed by atoms with Gasteiger partial charge in [-0.3, -0.25) is 9.48 Å². The summed E-state index contributed by atoms with van der Waals surface area (Å²) in [4.78, 5) is 23.6. The Morgan fingerprint density at radius 2 is 1.96 bits per heavy atom. The highest BCUT2D eigenvalue weighted by Crippen LogP contribution is 2.25. The molecule has 0 unspecified atom stereocenters. The minimum absolute atomic E-state index is 0.0564. The van der Waals surface area contributed by atoms with Crippen molar-refractivity contribution >= 4 is 22.6 Å². The number of rotatable bonds is 3. The summed E-state index contributed by atoms with van der Waals surface area (Å²) in [6.07, 6.45) is 3.40. The second kappa shape index (κ2) is 6.74. The van der Waals surface area contributed by atoms with Crippen LogP contribution >= 0.6 is 0 Å². The average Bonchev–Trinajstić information content (AvgIpc) is 3.00. The van der Waals surface area contributed by atoms with Gasteiger partial charge in [-0.2, -0.15) is 5.10 Å². The molecular weight excluding hydrogens is 328 g/mol. The predicted molar refractivity (Wildman–Crippen MR) is 100 cm³/mol. The first-order valence-electron chi connectivity index (χ1n) is 8.88. The molecule has 1 saturated heterocycles. The highest BCUT2D eigenvalue weighted by molar-refractivity contribution is 5.93. The topological polar surface area (TPSA) is 75.9 Å². The zero-order chi connectivity index (χ0) is 18.1. The quantitative estimate of drug-likeness (QED) is 0.783. The molecule has 0 bridgehead atoms. The van der Waals surface area contributed by atoms with Crippen LogP contribution in [0.4, 0.5) is 5.82 Å². The monoisotopic (exact) mass is 350 g/mol. The molecule has 3 aromatic rings. The average molecular weight is 350 g/mol. The van der Waals surface area contributed by atoms with Crippen LogP contribution in [-0.2, 0) is 7.05 Å². The van der Waals surface area contributed by atoms with Gasteiger partial charge in [-0.25, -0.2) is 9.97 Å². The standard InChI is InChI=1S/C19H22N6O/c1-13-11-17(24(2)23-13)19(26)22-14-7-9-25(10-8-14)18-15-5-3-4-6-16(15)20-12-21-18/h3-6,11-12,14H,7-10H2,1-2H3,(H,22,26). The van der Waals surface area contributed by atoms with Gasteiger partial charge in [0, 0.05) is 31.6 Å². The Kier molecular flexibility index (Phi) is 4.28. The number of carbonyl (C=O) groups is 1. The summed E-state index contributed by atoms with van der Waals surface area (Å²) < 4.78 is 1.63. The lowest BCUT2D eigenvalue weighted by Crippen LogP contribution is -2.45. The number of hydrogen-bond donors (Lipinski definition) is 1. The minimum atomic E-state index is -0.0564. The summed E-state index contributed by atoms with van der Waals surface area (Å²) in [7, 11) is 1.80. The molecule has 0 atom stereocenters. The Bertz CT molecular complexity index is 937. The van der Waals surface area contributed by atoms with E-state index in [1.54, 1.807) is 18.1 Å². The molecule has 1 amide bonds. The zero-order valence-corrected chi connectivity index (χ0v) is 15.0. The van der Waals surface area contributed by atoms with Crippen molar-refractivity contribution in [3.63, 3.8) is 0 Å². The predicted octanol–water partition coefficient (Wildman–Crippen LogP) is 2.07. The van der Waals surface area contributed by atoms with Crippen LogP contribution in [0.5, 0.6) is 0 Å². The molecule has 0 spiro atoms. The zero-order valence-electron chi connectivity index (χ0n) is 15.0. The van der Waals surface area contributed by atoms with Crippen molar-refractivity contribution in [2.75, 3.05) is 18.0 Å². The van der Waals surface area contributed by atoms with E-state index in [9.17, 15) is 4.79 Å². The van der Waals surface area contributed by atoms with Crippen LogP contribution in [0.2, 0.25) is 0 Å². The van der Waals surface area contributed by atoms with Crippen molar-refractivity contribution in [3.8, 4) is 0 Å². The number of nitrogens with zero attached hydrogens (tertiary/aromatic N) is 5. The van der Waals surface area contributed by atoms with Gasteiger partial charge in [0.15, 0.2) is 0 Å². The lowest BCUT2D eigenvalue weighted by molar-refractivity contribution is 0.0921. The molecule has 0 saturated carbocycles. The molecule has 3 heterocycles. The van der Waals surface area contributed by atoms with Crippen LogP contribution < -0.4 is 10.2 Å². The number of amides is 1. The smallest absolute Gasteiger partial charge is 0.269 e. The van der Waals surface area contributed by atoms with Gasteiger partial charge in [0.25, 0.3) is 5.91 Å². The SMILES string of the molecule is Cc1cc(C(=O)NC2CCN(c3ncnc4ccccc34)CC2)n(C)n1. The molecule has 26 heavy (non-hydrogen) atoms. The molecule has 1 N–H and O–H groups in total. The first-order chi connectivity index (χ1) is 12.6. The fourth-order valence-electron chi connectivity index (χ4n) is 3.56. The number of piperidine rings is 1. The van der Waals surface area contributed by atoms with Crippen LogP contribution in [0.1, 0.15) is 29.0 Å². The van der Waals surface area contributed by atoms with Crippen molar-refractivity contribution in [2.24, 2.45) is 7.05 Å². The van der Waals surface area contributed by atoms with Gasteiger partial charge >= 0.3 is 0 Å². The summed E-state index contributed by atoms with van der Waals surface area (Å²) in [6.45, 7) is 3.61. The normalized spacial score (nSPS) is 15.4. The van der Waals surface area contributed by atoms with Crippen LogP contribution in [0.25, 0.3) is 10.9 Å². The van der Waals surface area contributed by atoms with Crippen LogP contribution in [0.3, 0.4) is 0 Å². The number of para-hydroxylation sites is 1. The molecule has 1 aromatic carbocycles. The van der Waals surface area contributed by atoms with Gasteiger partial charge in [-0.1, -0.05) is 12.1 Å². The molecule has 7 nitrogen and oxygen atoms in total. The number of nitrogens with one attached hydrogen (secondary N) is 1. The van der Waals surface area contributed by atoms with E-state index in [-0.39, 0.29) is 11.9 Å². The lowest BCUT2D eigenvalue weighted by Gasteiger charge is -2.33. The summed E-state index contributed by atoms with van der Waals surface area (Å²) in [6, 6.07) is 10.0. The molecule has 7 heteroatoms. The number of fused-ring (bicyclic) bond motifs is 1. The number of carbonyl (C=O) groups excluding carboxylic acids is 1. The fraction of sp³-hybridized carbons (Fsp3) is 0.368. The Morgan fingerprint density at radius 1 is 1.19 bits per heavy atom. The molecule has 134 valence electrons. The third-order valence-electron chi connectivity index (χ3n) is 4.89. The minimum Gasteiger partial charge on any atom is -0.356 e. The first-order valence-corrected chi connectivity index (χ1v) is 8.88. The number of benzene rings is 1. The van der Waals surface area contributed by atoms with Gasteiger partial charge in [0.05, 0.1) is 11.2 Å². The van der Waals surface area contributed by atoms with E-state index in [0.29, 0.717) is 5.69 Å². The summed E-state index contributed by atoms with van der Waals surface area (Å²) in [5.41, 5.74) is 2.41. The van der Waals surface area contributed by atoms with Crippen molar-refractivity contribution in [1.29, 1.82) is 0 Å². The lowest BCUT2D eigenvalue weighted by atomic mass is 10.0. The Morgan fingerprint density at radius 3 is 2.69 bits per heavy atom. The van der Waals surface area contributed by atoms with Crippen LogP contribution in [0, 0.1) is 6.92 Å². The van der Waals surface area contributed by atoms with E-state index in [2.05, 4.69) is 31.3 Å². The van der Waals surface area contributed by atoms with Crippen molar-refractivity contribution in [1.82, 2.24) is 25.1 Å². The van der Waals surface area contributed by atoms with E-state index in [1.165, 1.54) is 0 Å². The number of anilines is 1. The molecule has 0 aliphatic carbocycles. The van der Waals surface area contributed by atoms with E-state index >= 15 is 0 Å². The largest absolute Gasteiger partial charge is 0.356 e. The highest BCUT2D eigenvalue weighted by Gasteiger charge is 2.24. The maximum Gasteiger partial charge on any atom is 0.269 e. The molecule has 2 aromatic heterocycles. The summed E-state index contributed by atoms with van der Waals surface area (Å²) in [5, 5.41) is 8.45. The summed E-state index contributed by atoms with van der Waals surface area (Å²) in [5.74, 6) is 0.918. The van der Waals surface area contributed by atoms with Gasteiger partial charge in [0.2, 0.25) is 0 Å². The van der Waals surface area contributed by atoms with E-state index in [4.69, 9.17) is 0 Å². The fourth-order valence-corrected chi connectivity index (χ4v) is 3.56. The molecule has 1 aliphatic rings. The maximum absolute atomic E-state index is 12.5. The van der Waals surface area contributed by atoms with Crippen molar-refractivity contribution < 1.29 is 4.79 Å². The van der Waals surface area contributed by atoms with Gasteiger partial charge in [-0.05, 0) is 38.0 Å². The molecular formula is C19H22N6O.